The summed E-state index contributed by atoms with van der Waals surface area (Å²) in [5, 5.41) is 3.84. The highest BCUT2D eigenvalue weighted by Gasteiger charge is 2.29. The Bertz CT molecular complexity index is 1170. The normalized spacial score (nSPS) is 15.0. The number of hydrogen-bond donors (Lipinski definition) is 0. The SMILES string of the molecule is O=C(OCc1nc(-c2ccccc2)no1)c1ccc(F)c(S(=O)(=O)N2CCCCC2)c1. The van der Waals surface area contributed by atoms with Crippen LogP contribution in [-0.2, 0) is 21.4 Å². The van der Waals surface area contributed by atoms with Gasteiger partial charge in [-0.2, -0.15) is 9.29 Å². The number of esters is 1. The molecule has 10 heteroatoms. The number of piperidine rings is 1. The van der Waals surface area contributed by atoms with Crippen LogP contribution in [0.25, 0.3) is 11.4 Å². The predicted octanol–water partition coefficient (Wildman–Crippen LogP) is 3.41. The van der Waals surface area contributed by atoms with Crippen LogP contribution in [0, 0.1) is 5.82 Å². The number of sulfonamides is 1. The van der Waals surface area contributed by atoms with Crippen molar-refractivity contribution >= 4 is 16.0 Å². The smallest absolute Gasteiger partial charge is 0.338 e. The Morgan fingerprint density at radius 3 is 2.58 bits per heavy atom. The molecule has 31 heavy (non-hydrogen) atoms. The van der Waals surface area contributed by atoms with Crippen molar-refractivity contribution in [1.82, 2.24) is 14.4 Å². The standard InChI is InChI=1S/C21H20FN3O5S/c22-17-10-9-16(13-18(17)31(27,28)25-11-5-2-6-12-25)21(26)29-14-19-23-20(24-30-19)15-7-3-1-4-8-15/h1,3-4,7-10,13H,2,5-6,11-12,14H2. The number of halogens is 1. The Hall–Kier alpha value is -3.11. The molecule has 1 aromatic heterocycles. The number of hydrogen-bond acceptors (Lipinski definition) is 7. The van der Waals surface area contributed by atoms with E-state index in [0.29, 0.717) is 18.9 Å². The Balaban J connectivity index is 1.47. The summed E-state index contributed by atoms with van der Waals surface area (Å²) in [4.78, 5) is 16.0. The Kier molecular flexibility index (Phi) is 6.10. The third-order valence-electron chi connectivity index (χ3n) is 4.93. The molecular formula is C21H20FN3O5S. The van der Waals surface area contributed by atoms with Crippen LogP contribution < -0.4 is 0 Å². The largest absolute Gasteiger partial charge is 0.452 e. The van der Waals surface area contributed by atoms with Crippen molar-refractivity contribution < 1.29 is 26.9 Å². The van der Waals surface area contributed by atoms with Gasteiger partial charge in [0.05, 0.1) is 5.56 Å². The van der Waals surface area contributed by atoms with Gasteiger partial charge in [-0.25, -0.2) is 17.6 Å². The molecule has 0 amide bonds. The van der Waals surface area contributed by atoms with Crippen molar-refractivity contribution in [3.8, 4) is 11.4 Å². The van der Waals surface area contributed by atoms with Crippen molar-refractivity contribution in [3.05, 3.63) is 65.8 Å². The highest BCUT2D eigenvalue weighted by molar-refractivity contribution is 7.89. The van der Waals surface area contributed by atoms with Gasteiger partial charge in [-0.15, -0.1) is 0 Å². The molecule has 1 aliphatic heterocycles. The predicted molar refractivity (Wildman–Crippen MR) is 108 cm³/mol. The third kappa shape index (κ3) is 4.64. The molecule has 1 fully saturated rings. The number of nitrogens with zero attached hydrogens (tertiary/aromatic N) is 3. The minimum atomic E-state index is -4.03. The first-order chi connectivity index (χ1) is 14.9. The van der Waals surface area contributed by atoms with Crippen molar-refractivity contribution in [1.29, 1.82) is 0 Å². The van der Waals surface area contributed by atoms with E-state index < -0.39 is 26.7 Å². The maximum atomic E-state index is 14.3. The molecule has 8 nitrogen and oxygen atoms in total. The van der Waals surface area contributed by atoms with Gasteiger partial charge < -0.3 is 9.26 Å². The minimum Gasteiger partial charge on any atom is -0.452 e. The first kappa shape index (κ1) is 21.1. The van der Waals surface area contributed by atoms with E-state index in [4.69, 9.17) is 9.26 Å². The summed E-state index contributed by atoms with van der Waals surface area (Å²) in [7, 11) is -4.03. The Morgan fingerprint density at radius 1 is 1.10 bits per heavy atom. The van der Waals surface area contributed by atoms with Crippen LogP contribution in [0.4, 0.5) is 4.39 Å². The number of rotatable bonds is 6. The maximum absolute atomic E-state index is 14.3. The maximum Gasteiger partial charge on any atom is 0.338 e. The van der Waals surface area contributed by atoms with Crippen LogP contribution in [0.3, 0.4) is 0 Å². The molecule has 0 spiro atoms. The summed E-state index contributed by atoms with van der Waals surface area (Å²) in [6, 6.07) is 12.3. The van der Waals surface area contributed by atoms with Gasteiger partial charge in [0.1, 0.15) is 10.7 Å². The van der Waals surface area contributed by atoms with Crippen molar-refractivity contribution in [2.24, 2.45) is 0 Å². The van der Waals surface area contributed by atoms with E-state index in [0.717, 1.165) is 37.0 Å². The fourth-order valence-corrected chi connectivity index (χ4v) is 4.91. The van der Waals surface area contributed by atoms with Crippen LogP contribution >= 0.6 is 0 Å². The van der Waals surface area contributed by atoms with Crippen molar-refractivity contribution in [2.75, 3.05) is 13.1 Å². The van der Waals surface area contributed by atoms with Crippen LogP contribution in [0.1, 0.15) is 35.5 Å². The number of carbonyl (C=O) groups is 1. The molecule has 2 aromatic carbocycles. The van der Waals surface area contributed by atoms with Crippen molar-refractivity contribution in [3.63, 3.8) is 0 Å². The van der Waals surface area contributed by atoms with Crippen LogP contribution in [0.2, 0.25) is 0 Å². The zero-order valence-electron chi connectivity index (χ0n) is 16.5. The zero-order chi connectivity index (χ0) is 21.8. The average Bonchev–Trinajstić information content (AvgIpc) is 3.28. The van der Waals surface area contributed by atoms with Crippen LogP contribution in [0.15, 0.2) is 57.9 Å². The number of aromatic nitrogens is 2. The van der Waals surface area contributed by atoms with Crippen molar-refractivity contribution in [2.45, 2.75) is 30.8 Å². The molecule has 3 aromatic rings. The third-order valence-corrected chi connectivity index (χ3v) is 6.84. The van der Waals surface area contributed by atoms with E-state index in [1.54, 1.807) is 0 Å². The summed E-state index contributed by atoms with van der Waals surface area (Å²) in [5.41, 5.74) is 0.662. The molecule has 1 saturated heterocycles. The number of benzene rings is 2. The highest BCUT2D eigenvalue weighted by atomic mass is 32.2. The molecule has 0 unspecified atom stereocenters. The quantitative estimate of drug-likeness (QED) is 0.536. The number of carbonyl (C=O) groups excluding carboxylic acids is 1. The van der Waals surface area contributed by atoms with Gasteiger partial charge in [0.25, 0.3) is 5.89 Å². The summed E-state index contributed by atoms with van der Waals surface area (Å²) in [6.45, 7) is 0.360. The van der Waals surface area contributed by atoms with Crippen LogP contribution in [-0.4, -0.2) is 41.9 Å². The van der Waals surface area contributed by atoms with E-state index in [1.807, 2.05) is 30.3 Å². The van der Waals surface area contributed by atoms with E-state index in [-0.39, 0.29) is 18.1 Å². The highest BCUT2D eigenvalue weighted by Crippen LogP contribution is 2.24. The summed E-state index contributed by atoms with van der Waals surface area (Å²) >= 11 is 0. The van der Waals surface area contributed by atoms with Gasteiger partial charge in [-0.1, -0.05) is 41.9 Å². The lowest BCUT2D eigenvalue weighted by molar-refractivity contribution is 0.0429. The second kappa shape index (κ2) is 8.94. The lowest BCUT2D eigenvalue weighted by Crippen LogP contribution is -2.36. The molecule has 4 rings (SSSR count). The second-order valence-electron chi connectivity index (χ2n) is 7.06. The molecule has 0 saturated carbocycles. The molecule has 2 heterocycles. The molecule has 1 aliphatic rings. The fraction of sp³-hybridized carbons (Fsp3) is 0.286. The van der Waals surface area contributed by atoms with E-state index in [1.165, 1.54) is 10.4 Å². The van der Waals surface area contributed by atoms with E-state index in [2.05, 4.69) is 10.1 Å². The monoisotopic (exact) mass is 445 g/mol. The van der Waals surface area contributed by atoms with Gasteiger partial charge >= 0.3 is 5.97 Å². The molecule has 0 atom stereocenters. The van der Waals surface area contributed by atoms with E-state index >= 15 is 0 Å². The average molecular weight is 445 g/mol. The Labute approximate surface area is 178 Å². The first-order valence-corrected chi connectivity index (χ1v) is 11.2. The van der Waals surface area contributed by atoms with Gasteiger partial charge in [-0.3, -0.25) is 0 Å². The summed E-state index contributed by atoms with van der Waals surface area (Å²) in [5.74, 6) is -1.31. The zero-order valence-corrected chi connectivity index (χ0v) is 17.3. The lowest BCUT2D eigenvalue weighted by Gasteiger charge is -2.26. The minimum absolute atomic E-state index is 0.0791. The lowest BCUT2D eigenvalue weighted by atomic mass is 10.2. The molecule has 0 bridgehead atoms. The molecule has 0 radical (unpaired) electrons. The first-order valence-electron chi connectivity index (χ1n) is 9.80. The molecule has 0 aliphatic carbocycles. The van der Waals surface area contributed by atoms with Gasteiger partial charge in [0, 0.05) is 18.7 Å². The van der Waals surface area contributed by atoms with Crippen LogP contribution in [0.5, 0.6) is 0 Å². The summed E-state index contributed by atoms with van der Waals surface area (Å²) in [6.07, 6.45) is 2.37. The Morgan fingerprint density at radius 2 is 1.84 bits per heavy atom. The summed E-state index contributed by atoms with van der Waals surface area (Å²) < 4.78 is 51.4. The van der Waals surface area contributed by atoms with Gasteiger partial charge in [0.15, 0.2) is 6.61 Å². The van der Waals surface area contributed by atoms with Gasteiger partial charge in [-0.05, 0) is 31.0 Å². The molecule has 0 N–H and O–H groups in total. The fourth-order valence-electron chi connectivity index (χ4n) is 3.30. The molecular weight excluding hydrogens is 425 g/mol. The van der Waals surface area contributed by atoms with Gasteiger partial charge in [0.2, 0.25) is 15.8 Å². The topological polar surface area (TPSA) is 103 Å². The molecule has 162 valence electrons. The van der Waals surface area contributed by atoms with E-state index in [9.17, 15) is 17.6 Å². The number of ether oxygens (including phenoxy) is 1. The second-order valence-corrected chi connectivity index (χ2v) is 8.97.